The van der Waals surface area contributed by atoms with Crippen LogP contribution in [0.5, 0.6) is 0 Å². The Morgan fingerprint density at radius 3 is 1.26 bits per heavy atom. The molecule has 2 nitrogen and oxygen atoms in total. The van der Waals surface area contributed by atoms with E-state index < -0.39 is 142 Å². The molecule has 0 aliphatic rings. The summed E-state index contributed by atoms with van der Waals surface area (Å²) in [6.45, 7) is 0. The lowest BCUT2D eigenvalue weighted by Crippen LogP contribution is -2.09. The maximum absolute atomic E-state index is 9.37. The molecule has 0 bridgehead atoms. The normalized spacial score (nSPS) is 16.2. The molecule has 8 aromatic carbocycles. The molecule has 2 heteroatoms. The molecule has 50 heavy (non-hydrogen) atoms. The van der Waals surface area contributed by atoms with Crippen LogP contribution < -0.4 is 4.90 Å². The molecule has 0 amide bonds. The molecule has 0 aliphatic carbocycles. The highest BCUT2D eigenvalue weighted by atomic mass is 16.3. The van der Waals surface area contributed by atoms with Crippen molar-refractivity contribution in [3.05, 3.63) is 200 Å². The number of anilines is 3. The van der Waals surface area contributed by atoms with Gasteiger partial charge in [-0.1, -0.05) is 163 Å². The Morgan fingerprint density at radius 1 is 0.340 bits per heavy atom. The first-order valence-corrected chi connectivity index (χ1v) is 15.5. The van der Waals surface area contributed by atoms with Crippen molar-refractivity contribution in [2.75, 3.05) is 4.90 Å². The molecule has 1 aromatic heterocycles. The van der Waals surface area contributed by atoms with Crippen molar-refractivity contribution < 1.29 is 29.1 Å². The van der Waals surface area contributed by atoms with Crippen LogP contribution >= 0.6 is 0 Å². The van der Waals surface area contributed by atoms with Gasteiger partial charge in [0.1, 0.15) is 11.2 Å². The van der Waals surface area contributed by atoms with Crippen LogP contribution in [0.25, 0.3) is 66.4 Å². The molecule has 0 saturated heterocycles. The van der Waals surface area contributed by atoms with Gasteiger partial charge in [0, 0.05) is 39.0 Å². The molecule has 0 saturated carbocycles. The molecule has 0 unspecified atom stereocenters. The summed E-state index contributed by atoms with van der Waals surface area (Å²) >= 11 is 0. The molecule has 0 fully saturated rings. The first-order valence-electron chi connectivity index (χ1n) is 24.5. The smallest absolute Gasteiger partial charge is 0.143 e. The first-order chi connectivity index (χ1) is 32.3. The third-order valence-corrected chi connectivity index (χ3v) is 8.22. The van der Waals surface area contributed by atoms with E-state index in [2.05, 4.69) is 0 Å². The van der Waals surface area contributed by atoms with Crippen LogP contribution in [0.1, 0.15) is 24.7 Å². The molecule has 9 rings (SSSR count). The molecule has 9 aromatic rings. The van der Waals surface area contributed by atoms with E-state index >= 15 is 0 Å². The van der Waals surface area contributed by atoms with Crippen molar-refractivity contribution in [1.82, 2.24) is 0 Å². The topological polar surface area (TPSA) is 16.4 Å². The van der Waals surface area contributed by atoms with Crippen molar-refractivity contribution >= 4 is 39.0 Å². The largest absolute Gasteiger partial charge is 0.455 e. The minimum absolute atomic E-state index is 0.00427. The van der Waals surface area contributed by atoms with Crippen molar-refractivity contribution in [2.45, 2.75) is 0 Å². The van der Waals surface area contributed by atoms with Crippen molar-refractivity contribution in [2.24, 2.45) is 0 Å². The highest BCUT2D eigenvalue weighted by Crippen LogP contribution is 2.41. The summed E-state index contributed by atoms with van der Waals surface area (Å²) in [6.07, 6.45) is 0. The summed E-state index contributed by atoms with van der Waals surface area (Å²) in [4.78, 5) is 0.983. The lowest BCUT2D eigenvalue weighted by molar-refractivity contribution is 0.671. The fourth-order valence-electron chi connectivity index (χ4n) is 5.89. The zero-order valence-electron chi connectivity index (χ0n) is 44.0. The number of para-hydroxylation sites is 2. The molecule has 0 aliphatic heterocycles. The molecule has 1 heterocycles. The number of benzene rings is 8. The Morgan fingerprint density at radius 2 is 0.780 bits per heavy atom. The quantitative estimate of drug-likeness (QED) is 0.170. The Kier molecular flexibility index (Phi) is 4.13. The Balaban J connectivity index is 1.29. The maximum Gasteiger partial charge on any atom is 0.143 e. The van der Waals surface area contributed by atoms with Gasteiger partial charge in [0.2, 0.25) is 0 Å². The second-order valence-corrected chi connectivity index (χ2v) is 11.2. The zero-order valence-corrected chi connectivity index (χ0v) is 26.0. The second kappa shape index (κ2) is 12.8. The minimum Gasteiger partial charge on any atom is -0.455 e. The molecule has 0 radical (unpaired) electrons. The number of furan rings is 1. The van der Waals surface area contributed by atoms with Crippen LogP contribution in [-0.4, -0.2) is 0 Å². The van der Waals surface area contributed by atoms with Crippen LogP contribution in [0.4, 0.5) is 17.1 Å². The summed E-state index contributed by atoms with van der Waals surface area (Å²) in [5, 5.41) is 1.70. The van der Waals surface area contributed by atoms with Gasteiger partial charge < -0.3 is 9.32 Å². The summed E-state index contributed by atoms with van der Waals surface area (Å²) in [7, 11) is 0. The van der Waals surface area contributed by atoms with E-state index in [-0.39, 0.29) is 5.69 Å². The van der Waals surface area contributed by atoms with Gasteiger partial charge in [-0.2, -0.15) is 0 Å². The van der Waals surface area contributed by atoms with E-state index in [0.717, 1.165) is 26.8 Å². The van der Waals surface area contributed by atoms with Gasteiger partial charge in [0.25, 0.3) is 0 Å². The Labute approximate surface area is 317 Å². The Bertz CT molecular complexity index is 3360. The van der Waals surface area contributed by atoms with Crippen LogP contribution in [0.3, 0.4) is 0 Å². The second-order valence-electron chi connectivity index (χ2n) is 11.2. The van der Waals surface area contributed by atoms with E-state index in [1.807, 2.05) is 66.7 Å². The van der Waals surface area contributed by atoms with Gasteiger partial charge in [0.05, 0.1) is 24.7 Å². The summed E-state index contributed by atoms with van der Waals surface area (Å²) in [6, 6.07) is 13.1. The molecule has 0 N–H and O–H groups in total. The highest BCUT2D eigenvalue weighted by molar-refractivity contribution is 6.13. The summed E-state index contributed by atoms with van der Waals surface area (Å²) in [5.41, 5.74) is 0.670. The van der Waals surface area contributed by atoms with E-state index in [0.29, 0.717) is 22.3 Å². The van der Waals surface area contributed by atoms with Crippen molar-refractivity contribution in [3.63, 3.8) is 0 Å². The number of hydrogen-bond acceptors (Lipinski definition) is 2. The monoisotopic (exact) mass is 657 g/mol. The van der Waals surface area contributed by atoms with Crippen LogP contribution in [0.2, 0.25) is 0 Å². The maximum atomic E-state index is 9.37. The zero-order chi connectivity index (χ0) is 48.9. The third-order valence-electron chi connectivity index (χ3n) is 8.22. The van der Waals surface area contributed by atoms with Gasteiger partial charge in [-0.3, -0.25) is 0 Å². The third kappa shape index (κ3) is 5.43. The predicted octanol–water partition coefficient (Wildman–Crippen LogP) is 13.7. The van der Waals surface area contributed by atoms with Crippen LogP contribution in [0.15, 0.2) is 204 Å². The molecule has 0 atom stereocenters. The minimum atomic E-state index is -0.849. The van der Waals surface area contributed by atoms with E-state index in [1.165, 1.54) is 12.1 Å². The number of hydrogen-bond donors (Lipinski definition) is 0. The van der Waals surface area contributed by atoms with Gasteiger partial charge in [0.15, 0.2) is 0 Å². The average Bonchev–Trinajstić information content (AvgIpc) is 3.74. The summed E-state index contributed by atoms with van der Waals surface area (Å²) in [5.74, 6) is 0. The van der Waals surface area contributed by atoms with Crippen LogP contribution in [-0.2, 0) is 0 Å². The van der Waals surface area contributed by atoms with Gasteiger partial charge in [-0.25, -0.2) is 0 Å². The lowest BCUT2D eigenvalue weighted by Gasteiger charge is -2.26. The standard InChI is InChI=1S/C48H33NO/c1-4-12-34(13-5-1)36-22-28-40(29-23-36)49(41-30-24-37(25-31-41)35-14-6-2-7-15-35)42-32-26-39(27-33-42)44-19-11-21-46-45-20-10-18-43(47(45)50-48(44)46)38-16-8-3-9-17-38/h1-33H/i1D,2D,4D,5D,6D,7D,12D,13D,14D,15D,22D,23D,24D,25D,28D,29D,30D,31D. The van der Waals surface area contributed by atoms with Gasteiger partial charge in [-0.05, 0) is 69.7 Å². The van der Waals surface area contributed by atoms with Crippen molar-refractivity contribution in [1.29, 1.82) is 0 Å². The lowest BCUT2D eigenvalue weighted by atomic mass is 10.00. The fraction of sp³-hybridized carbons (Fsp3) is 0. The van der Waals surface area contributed by atoms with E-state index in [9.17, 15) is 11.0 Å². The number of nitrogens with zero attached hydrogens (tertiary/aromatic N) is 1. The highest BCUT2D eigenvalue weighted by Gasteiger charge is 2.17. The van der Waals surface area contributed by atoms with Gasteiger partial charge >= 0.3 is 0 Å². The predicted molar refractivity (Wildman–Crippen MR) is 210 cm³/mol. The SMILES string of the molecule is [2H]c1c([2H])c([2H])c(-c2c([2H])c([2H])c(N(c3ccc(-c4cccc5c4oc4c(-c6ccccc6)cccc45)cc3)c3c([2H])c([2H])c(-c4c([2H])c([2H])c([2H])c([2H])c4[2H])c([2H])c3[2H])c([2H])c2[2H])c([2H])c1[2H]. The number of fused-ring (bicyclic) bond motifs is 3. The molecular weight excluding hydrogens is 607 g/mol. The number of rotatable bonds is 7. The summed E-state index contributed by atoms with van der Waals surface area (Å²) < 4.78 is 164. The van der Waals surface area contributed by atoms with E-state index in [4.69, 9.17) is 18.1 Å². The fourth-order valence-corrected chi connectivity index (χ4v) is 5.89. The molecular formula is C48H33NO. The van der Waals surface area contributed by atoms with Crippen LogP contribution in [0, 0.1) is 0 Å². The van der Waals surface area contributed by atoms with Crippen molar-refractivity contribution in [3.8, 4) is 44.5 Å². The molecule has 0 spiro atoms. The van der Waals surface area contributed by atoms with E-state index in [1.54, 1.807) is 12.1 Å². The average molecular weight is 658 g/mol. The Hall–Kier alpha value is -6.64. The molecule has 236 valence electrons. The van der Waals surface area contributed by atoms with Gasteiger partial charge in [-0.15, -0.1) is 0 Å². The first kappa shape index (κ1) is 16.2.